The summed E-state index contributed by atoms with van der Waals surface area (Å²) < 4.78 is 8.32. The molecule has 0 aromatic carbocycles. The van der Waals surface area contributed by atoms with E-state index < -0.39 is 6.04 Å². The van der Waals surface area contributed by atoms with Crippen LogP contribution < -0.4 is 5.73 Å². The topological polar surface area (TPSA) is 88.0 Å². The first-order valence-electron chi connectivity index (χ1n) is 5.81. The highest BCUT2D eigenvalue weighted by molar-refractivity contribution is 5.82. The van der Waals surface area contributed by atoms with E-state index in [1.807, 2.05) is 6.92 Å². The molecular formula is C11H17N5O2. The van der Waals surface area contributed by atoms with Gasteiger partial charge in [0.15, 0.2) is 5.65 Å². The molecule has 0 aliphatic rings. The van der Waals surface area contributed by atoms with E-state index in [1.165, 1.54) is 0 Å². The third kappa shape index (κ3) is 1.71. The number of aromatic nitrogens is 4. The molecule has 7 nitrogen and oxygen atoms in total. The first-order chi connectivity index (χ1) is 8.47. The highest BCUT2D eigenvalue weighted by Gasteiger charge is 2.24. The monoisotopic (exact) mass is 251 g/mol. The number of anilines is 1. The molecule has 1 atom stereocenters. The van der Waals surface area contributed by atoms with Crippen LogP contribution in [0.4, 0.5) is 5.95 Å². The number of imidazole rings is 1. The molecule has 0 bridgehead atoms. The molecule has 2 N–H and O–H groups in total. The highest BCUT2D eigenvalue weighted by Crippen LogP contribution is 2.25. The lowest BCUT2D eigenvalue weighted by molar-refractivity contribution is -0.146. The van der Waals surface area contributed by atoms with Gasteiger partial charge in [0.25, 0.3) is 0 Å². The fourth-order valence-corrected chi connectivity index (χ4v) is 2.06. The van der Waals surface area contributed by atoms with Crippen molar-refractivity contribution < 1.29 is 9.53 Å². The second kappa shape index (κ2) is 4.32. The van der Waals surface area contributed by atoms with Crippen LogP contribution in [0.2, 0.25) is 0 Å². The zero-order valence-electron chi connectivity index (χ0n) is 11.0. The number of hydrogen-bond donors (Lipinski definition) is 1. The summed E-state index contributed by atoms with van der Waals surface area (Å²) >= 11 is 0. The second-order valence-corrected chi connectivity index (χ2v) is 4.15. The Bertz CT molecular complexity index is 598. The van der Waals surface area contributed by atoms with E-state index in [0.717, 1.165) is 11.3 Å². The van der Waals surface area contributed by atoms with Gasteiger partial charge in [-0.2, -0.15) is 5.10 Å². The van der Waals surface area contributed by atoms with Gasteiger partial charge in [-0.15, -0.1) is 0 Å². The molecule has 0 spiro atoms. The van der Waals surface area contributed by atoms with Gasteiger partial charge in [0.1, 0.15) is 11.6 Å². The van der Waals surface area contributed by atoms with Gasteiger partial charge in [-0.3, -0.25) is 9.25 Å². The number of nitrogens with two attached hydrogens (primary N) is 1. The standard InChI is InChI=1S/C11H17N5O2/c1-5-18-10(17)7(3)16-9-8(13-11(16)12)6(2)14-15(9)4/h7H,5H2,1-4H3,(H2,12,13). The Labute approximate surface area is 105 Å². The molecule has 0 fully saturated rings. The van der Waals surface area contributed by atoms with Crippen LogP contribution in [0.25, 0.3) is 11.2 Å². The molecule has 2 aromatic heterocycles. The summed E-state index contributed by atoms with van der Waals surface area (Å²) in [6, 6.07) is -0.523. The zero-order chi connectivity index (χ0) is 13.4. The van der Waals surface area contributed by atoms with Gasteiger partial charge < -0.3 is 10.5 Å². The molecule has 0 saturated carbocycles. The van der Waals surface area contributed by atoms with Gasteiger partial charge in [-0.05, 0) is 20.8 Å². The number of carbonyl (C=O) groups is 1. The maximum Gasteiger partial charge on any atom is 0.329 e. The van der Waals surface area contributed by atoms with E-state index >= 15 is 0 Å². The summed E-state index contributed by atoms with van der Waals surface area (Å²) in [6.07, 6.45) is 0. The van der Waals surface area contributed by atoms with E-state index in [0.29, 0.717) is 18.1 Å². The largest absolute Gasteiger partial charge is 0.464 e. The molecular weight excluding hydrogens is 234 g/mol. The van der Waals surface area contributed by atoms with Crippen LogP contribution >= 0.6 is 0 Å². The molecule has 1 unspecified atom stereocenters. The van der Waals surface area contributed by atoms with Gasteiger partial charge in [-0.1, -0.05) is 0 Å². The Balaban J connectivity index is 2.56. The molecule has 0 radical (unpaired) electrons. The Hall–Kier alpha value is -2.05. The van der Waals surface area contributed by atoms with Gasteiger partial charge in [0, 0.05) is 7.05 Å². The number of nitrogens with zero attached hydrogens (tertiary/aromatic N) is 4. The van der Waals surface area contributed by atoms with Crippen molar-refractivity contribution in [2.75, 3.05) is 12.3 Å². The van der Waals surface area contributed by atoms with Crippen molar-refractivity contribution in [1.82, 2.24) is 19.3 Å². The predicted octanol–water partition coefficient (Wildman–Crippen LogP) is 0.785. The third-order valence-electron chi connectivity index (χ3n) is 2.88. The molecule has 18 heavy (non-hydrogen) atoms. The lowest BCUT2D eigenvalue weighted by Gasteiger charge is -2.14. The van der Waals surface area contributed by atoms with Crippen LogP contribution in [-0.2, 0) is 16.6 Å². The average Bonchev–Trinajstić information content (AvgIpc) is 2.77. The number of aryl methyl sites for hydroxylation is 2. The zero-order valence-corrected chi connectivity index (χ0v) is 11.0. The van der Waals surface area contributed by atoms with Gasteiger partial charge >= 0.3 is 5.97 Å². The van der Waals surface area contributed by atoms with Crippen LogP contribution in [0.5, 0.6) is 0 Å². The summed E-state index contributed by atoms with van der Waals surface area (Å²) in [6.45, 7) is 5.70. The minimum atomic E-state index is -0.523. The van der Waals surface area contributed by atoms with E-state index in [4.69, 9.17) is 10.5 Å². The van der Waals surface area contributed by atoms with Crippen molar-refractivity contribution >= 4 is 23.1 Å². The Morgan fingerprint density at radius 3 is 2.83 bits per heavy atom. The second-order valence-electron chi connectivity index (χ2n) is 4.15. The van der Waals surface area contributed by atoms with Crippen LogP contribution in [0, 0.1) is 6.92 Å². The maximum atomic E-state index is 11.8. The number of fused-ring (bicyclic) bond motifs is 1. The average molecular weight is 251 g/mol. The van der Waals surface area contributed by atoms with Crippen molar-refractivity contribution in [2.24, 2.45) is 7.05 Å². The van der Waals surface area contributed by atoms with Crippen molar-refractivity contribution in [3.8, 4) is 0 Å². The number of carbonyl (C=O) groups excluding carboxylic acids is 1. The SMILES string of the molecule is CCOC(=O)C(C)n1c(N)nc2c(C)nn(C)c21. The maximum absolute atomic E-state index is 11.8. The fraction of sp³-hybridized carbons (Fsp3) is 0.545. The normalized spacial score (nSPS) is 12.9. The van der Waals surface area contributed by atoms with E-state index in [-0.39, 0.29) is 5.97 Å². The van der Waals surface area contributed by atoms with Gasteiger partial charge in [-0.25, -0.2) is 9.78 Å². The minimum Gasteiger partial charge on any atom is -0.464 e. The molecule has 98 valence electrons. The van der Waals surface area contributed by atoms with Crippen molar-refractivity contribution in [3.63, 3.8) is 0 Å². The third-order valence-corrected chi connectivity index (χ3v) is 2.88. The summed E-state index contributed by atoms with van der Waals surface area (Å²) in [5, 5.41) is 4.27. The van der Waals surface area contributed by atoms with Gasteiger partial charge in [0.2, 0.25) is 5.95 Å². The first-order valence-corrected chi connectivity index (χ1v) is 5.81. The van der Waals surface area contributed by atoms with E-state index in [1.54, 1.807) is 30.1 Å². The summed E-state index contributed by atoms with van der Waals surface area (Å²) in [5.74, 6) is -0.0380. The highest BCUT2D eigenvalue weighted by atomic mass is 16.5. The lowest BCUT2D eigenvalue weighted by Crippen LogP contribution is -2.21. The van der Waals surface area contributed by atoms with Gasteiger partial charge in [0.05, 0.1) is 12.3 Å². The number of ether oxygens (including phenoxy) is 1. The quantitative estimate of drug-likeness (QED) is 0.814. The summed E-state index contributed by atoms with van der Waals surface area (Å²) in [4.78, 5) is 16.0. The summed E-state index contributed by atoms with van der Waals surface area (Å²) in [7, 11) is 1.80. The Morgan fingerprint density at radius 2 is 2.22 bits per heavy atom. The van der Waals surface area contributed by atoms with Crippen LogP contribution in [0.3, 0.4) is 0 Å². The first kappa shape index (κ1) is 12.4. The molecule has 7 heteroatoms. The Kier molecular flexibility index (Phi) is 2.98. The number of nitrogen functional groups attached to an aromatic ring is 1. The molecule has 2 heterocycles. The number of esters is 1. The van der Waals surface area contributed by atoms with Crippen LogP contribution in [-0.4, -0.2) is 31.9 Å². The van der Waals surface area contributed by atoms with Crippen LogP contribution in [0.1, 0.15) is 25.6 Å². The predicted molar refractivity (Wildman–Crippen MR) is 67.0 cm³/mol. The van der Waals surface area contributed by atoms with Crippen LogP contribution in [0.15, 0.2) is 0 Å². The Morgan fingerprint density at radius 1 is 1.56 bits per heavy atom. The van der Waals surface area contributed by atoms with Crippen molar-refractivity contribution in [2.45, 2.75) is 26.8 Å². The summed E-state index contributed by atoms with van der Waals surface area (Å²) in [5.41, 5.74) is 8.10. The number of rotatable bonds is 3. The molecule has 2 rings (SSSR count). The molecule has 0 aliphatic carbocycles. The molecule has 0 aliphatic heterocycles. The number of hydrogen-bond acceptors (Lipinski definition) is 5. The van der Waals surface area contributed by atoms with Crippen molar-refractivity contribution in [3.05, 3.63) is 5.69 Å². The van der Waals surface area contributed by atoms with E-state index in [2.05, 4.69) is 10.1 Å². The fourth-order valence-electron chi connectivity index (χ4n) is 2.06. The minimum absolute atomic E-state index is 0.293. The lowest BCUT2D eigenvalue weighted by atomic mass is 10.3. The van der Waals surface area contributed by atoms with E-state index in [9.17, 15) is 4.79 Å². The molecule has 0 amide bonds. The molecule has 2 aromatic rings. The molecule has 0 saturated heterocycles. The van der Waals surface area contributed by atoms with Crippen molar-refractivity contribution in [1.29, 1.82) is 0 Å². The smallest absolute Gasteiger partial charge is 0.329 e.